The zero-order valence-corrected chi connectivity index (χ0v) is 11.4. The molecule has 3 unspecified atom stereocenters. The number of carbonyl (C=O) groups is 1. The molecule has 1 aliphatic rings. The lowest BCUT2D eigenvalue weighted by Gasteiger charge is -2.37. The Morgan fingerprint density at radius 3 is 2.82 bits per heavy atom. The van der Waals surface area contributed by atoms with Crippen LogP contribution in [0.1, 0.15) is 40.0 Å². The molecule has 0 bridgehead atoms. The van der Waals surface area contributed by atoms with Crippen molar-refractivity contribution in [2.75, 3.05) is 19.6 Å². The molecule has 0 radical (unpaired) electrons. The normalized spacial score (nSPS) is 27.8. The molecule has 1 saturated heterocycles. The Hall–Kier alpha value is -0.610. The van der Waals surface area contributed by atoms with Gasteiger partial charge in [-0.15, -0.1) is 0 Å². The lowest BCUT2D eigenvalue weighted by Crippen LogP contribution is -2.49. The maximum atomic E-state index is 11.8. The summed E-state index contributed by atoms with van der Waals surface area (Å²) in [5.74, 6) is 0.700. The third-order valence-corrected chi connectivity index (χ3v) is 3.81. The van der Waals surface area contributed by atoms with Gasteiger partial charge in [0.05, 0.1) is 6.54 Å². The molecule has 4 heteroatoms. The van der Waals surface area contributed by atoms with E-state index in [1.54, 1.807) is 0 Å². The van der Waals surface area contributed by atoms with Gasteiger partial charge in [-0.05, 0) is 45.6 Å². The lowest BCUT2D eigenvalue weighted by molar-refractivity contribution is -0.124. The van der Waals surface area contributed by atoms with Crippen molar-refractivity contribution in [3.63, 3.8) is 0 Å². The van der Waals surface area contributed by atoms with Gasteiger partial charge >= 0.3 is 0 Å². The number of amides is 1. The van der Waals surface area contributed by atoms with Gasteiger partial charge in [-0.2, -0.15) is 0 Å². The average Bonchev–Trinajstić information content (AvgIpc) is 2.31. The Morgan fingerprint density at radius 1 is 1.53 bits per heavy atom. The summed E-state index contributed by atoms with van der Waals surface area (Å²) < 4.78 is 0. The van der Waals surface area contributed by atoms with Crippen LogP contribution in [-0.2, 0) is 4.79 Å². The monoisotopic (exact) mass is 241 g/mol. The molecule has 0 aromatic rings. The van der Waals surface area contributed by atoms with E-state index < -0.39 is 0 Å². The van der Waals surface area contributed by atoms with Crippen LogP contribution in [-0.4, -0.2) is 42.5 Å². The molecule has 0 aromatic heterocycles. The molecule has 1 aliphatic heterocycles. The van der Waals surface area contributed by atoms with Gasteiger partial charge in [0.1, 0.15) is 0 Å². The maximum absolute atomic E-state index is 11.8. The number of nitrogens with one attached hydrogen (secondary N) is 1. The fourth-order valence-corrected chi connectivity index (χ4v) is 2.28. The van der Waals surface area contributed by atoms with Crippen molar-refractivity contribution in [2.24, 2.45) is 11.7 Å². The molecule has 17 heavy (non-hydrogen) atoms. The third kappa shape index (κ3) is 4.64. The summed E-state index contributed by atoms with van der Waals surface area (Å²) >= 11 is 0. The highest BCUT2D eigenvalue weighted by molar-refractivity contribution is 5.78. The lowest BCUT2D eigenvalue weighted by atomic mass is 9.93. The number of carbonyl (C=O) groups excluding carboxylic acids is 1. The highest BCUT2D eigenvalue weighted by Crippen LogP contribution is 2.20. The molecular formula is C13H27N3O. The summed E-state index contributed by atoms with van der Waals surface area (Å²) in [5.41, 5.74) is 5.72. The Kier molecular flexibility index (Phi) is 5.92. The molecule has 0 saturated carbocycles. The fraction of sp³-hybridized carbons (Fsp3) is 0.923. The van der Waals surface area contributed by atoms with Crippen LogP contribution in [0.15, 0.2) is 0 Å². The molecule has 1 rings (SSSR count). The minimum atomic E-state index is 0.142. The van der Waals surface area contributed by atoms with Crippen molar-refractivity contribution < 1.29 is 4.79 Å². The number of hydrogen-bond donors (Lipinski definition) is 2. The van der Waals surface area contributed by atoms with E-state index in [4.69, 9.17) is 5.73 Å². The number of rotatable bonds is 5. The molecule has 0 aromatic carbocycles. The van der Waals surface area contributed by atoms with Crippen LogP contribution < -0.4 is 11.1 Å². The van der Waals surface area contributed by atoms with Gasteiger partial charge in [0.2, 0.25) is 5.91 Å². The van der Waals surface area contributed by atoms with Gasteiger partial charge < -0.3 is 11.1 Å². The van der Waals surface area contributed by atoms with E-state index in [0.717, 1.165) is 25.9 Å². The second-order valence-electron chi connectivity index (χ2n) is 5.33. The smallest absolute Gasteiger partial charge is 0.234 e. The summed E-state index contributed by atoms with van der Waals surface area (Å²) in [7, 11) is 0. The maximum Gasteiger partial charge on any atom is 0.234 e. The number of hydrogen-bond acceptors (Lipinski definition) is 3. The molecule has 0 spiro atoms. The average molecular weight is 241 g/mol. The van der Waals surface area contributed by atoms with E-state index in [2.05, 4.69) is 24.1 Å². The number of piperidine rings is 1. The zero-order valence-electron chi connectivity index (χ0n) is 11.4. The fourth-order valence-electron chi connectivity index (χ4n) is 2.28. The Bertz CT molecular complexity index is 245. The molecule has 1 amide bonds. The number of likely N-dealkylation sites (tertiary alicyclic amines) is 1. The Balaban J connectivity index is 2.40. The molecule has 3 N–H and O–H groups in total. The van der Waals surface area contributed by atoms with E-state index in [1.165, 1.54) is 6.42 Å². The highest BCUT2D eigenvalue weighted by atomic mass is 16.2. The van der Waals surface area contributed by atoms with Crippen LogP contribution in [0.3, 0.4) is 0 Å². The first kappa shape index (κ1) is 14.5. The van der Waals surface area contributed by atoms with Crippen LogP contribution in [0.25, 0.3) is 0 Å². The minimum absolute atomic E-state index is 0.142. The zero-order chi connectivity index (χ0) is 12.8. The van der Waals surface area contributed by atoms with Gasteiger partial charge in [-0.25, -0.2) is 0 Å². The SMILES string of the molecule is CCC(C)NC(=O)CN1CC(CN)CCC1C. The predicted octanol–water partition coefficient (Wildman–Crippen LogP) is 0.960. The summed E-state index contributed by atoms with van der Waals surface area (Å²) in [6, 6.07) is 0.772. The second kappa shape index (κ2) is 6.97. The van der Waals surface area contributed by atoms with Gasteiger partial charge in [-0.1, -0.05) is 6.92 Å². The topological polar surface area (TPSA) is 58.4 Å². The summed E-state index contributed by atoms with van der Waals surface area (Å²) in [6.45, 7) is 8.53. The van der Waals surface area contributed by atoms with Crippen LogP contribution in [0, 0.1) is 5.92 Å². The summed E-state index contributed by atoms with van der Waals surface area (Å²) in [4.78, 5) is 14.1. The third-order valence-electron chi connectivity index (χ3n) is 3.81. The molecule has 0 aliphatic carbocycles. The van der Waals surface area contributed by atoms with Gasteiger partial charge in [0.15, 0.2) is 0 Å². The van der Waals surface area contributed by atoms with Crippen molar-refractivity contribution in [3.8, 4) is 0 Å². The van der Waals surface area contributed by atoms with Gasteiger partial charge in [0.25, 0.3) is 0 Å². The van der Waals surface area contributed by atoms with Crippen molar-refractivity contribution in [1.29, 1.82) is 0 Å². The molecule has 1 heterocycles. The largest absolute Gasteiger partial charge is 0.353 e. The van der Waals surface area contributed by atoms with Gasteiger partial charge in [-0.3, -0.25) is 9.69 Å². The predicted molar refractivity (Wildman–Crippen MR) is 70.7 cm³/mol. The van der Waals surface area contributed by atoms with E-state index in [0.29, 0.717) is 18.5 Å². The number of nitrogens with two attached hydrogens (primary N) is 1. The first-order valence-corrected chi connectivity index (χ1v) is 6.80. The first-order chi connectivity index (χ1) is 8.06. The molecule has 1 fully saturated rings. The van der Waals surface area contributed by atoms with E-state index in [-0.39, 0.29) is 11.9 Å². The van der Waals surface area contributed by atoms with Crippen molar-refractivity contribution >= 4 is 5.91 Å². The molecule has 3 atom stereocenters. The van der Waals surface area contributed by atoms with Crippen molar-refractivity contribution in [3.05, 3.63) is 0 Å². The second-order valence-corrected chi connectivity index (χ2v) is 5.33. The van der Waals surface area contributed by atoms with E-state index >= 15 is 0 Å². The van der Waals surface area contributed by atoms with E-state index in [9.17, 15) is 4.79 Å². The van der Waals surface area contributed by atoms with Gasteiger partial charge in [0, 0.05) is 18.6 Å². The van der Waals surface area contributed by atoms with Crippen LogP contribution in [0.4, 0.5) is 0 Å². The Morgan fingerprint density at radius 2 is 2.24 bits per heavy atom. The number of nitrogens with zero attached hydrogens (tertiary/aromatic N) is 1. The van der Waals surface area contributed by atoms with Crippen LogP contribution in [0.5, 0.6) is 0 Å². The summed E-state index contributed by atoms with van der Waals surface area (Å²) in [5, 5.41) is 3.02. The minimum Gasteiger partial charge on any atom is -0.353 e. The molecule has 100 valence electrons. The molecule has 4 nitrogen and oxygen atoms in total. The summed E-state index contributed by atoms with van der Waals surface area (Å²) in [6.07, 6.45) is 3.33. The van der Waals surface area contributed by atoms with Crippen LogP contribution >= 0.6 is 0 Å². The highest BCUT2D eigenvalue weighted by Gasteiger charge is 2.26. The van der Waals surface area contributed by atoms with Crippen LogP contribution in [0.2, 0.25) is 0 Å². The molecular weight excluding hydrogens is 214 g/mol. The quantitative estimate of drug-likeness (QED) is 0.754. The first-order valence-electron chi connectivity index (χ1n) is 6.80. The van der Waals surface area contributed by atoms with Crippen molar-refractivity contribution in [2.45, 2.75) is 52.1 Å². The van der Waals surface area contributed by atoms with E-state index in [1.807, 2.05) is 6.92 Å². The Labute approximate surface area is 105 Å². The standard InChI is InChI=1S/C13H27N3O/c1-4-10(2)15-13(17)9-16-8-12(7-14)6-5-11(16)3/h10-12H,4-9,14H2,1-3H3,(H,15,17). The van der Waals surface area contributed by atoms with Crippen molar-refractivity contribution in [1.82, 2.24) is 10.2 Å².